The molecule has 0 spiro atoms. The molecule has 0 radical (unpaired) electrons. The fraction of sp³-hybridized carbons (Fsp3) is 0.119. The summed E-state index contributed by atoms with van der Waals surface area (Å²) in [7, 11) is 3.53. The summed E-state index contributed by atoms with van der Waals surface area (Å²) in [4.78, 5) is 96.3. The van der Waals surface area contributed by atoms with E-state index in [0.29, 0.717) is 113 Å². The van der Waals surface area contributed by atoms with Gasteiger partial charge in [0, 0.05) is 75.2 Å². The number of carbonyl (C=O) groups is 5. The zero-order valence-corrected chi connectivity index (χ0v) is 77.3. The number of methoxy groups -OCH3 is 1. The fourth-order valence-corrected chi connectivity index (χ4v) is 15.6. The van der Waals surface area contributed by atoms with Crippen molar-refractivity contribution in [2.45, 2.75) is 67.3 Å². The Morgan fingerprint density at radius 2 is 0.721 bits per heavy atom. The summed E-state index contributed by atoms with van der Waals surface area (Å²) < 4.78 is 31.5. The molecule has 5 amide bonds. The largest absolute Gasteiger partial charge is 0.497 e. The molecule has 35 heteroatoms. The number of aryl methyl sites for hydroxylation is 6. The van der Waals surface area contributed by atoms with Gasteiger partial charge in [0.2, 0.25) is 29.7 Å². The van der Waals surface area contributed by atoms with Crippen molar-refractivity contribution in [1.82, 2.24) is 97.9 Å². The van der Waals surface area contributed by atoms with E-state index in [4.69, 9.17) is 32.9 Å². The summed E-state index contributed by atoms with van der Waals surface area (Å²) in [6, 6.07) is 86.0. The number of rotatable bonds is 18. The first-order valence-electron chi connectivity index (χ1n) is 42.8. The van der Waals surface area contributed by atoms with Crippen LogP contribution >= 0.6 is 34.5 Å². The second-order valence-corrected chi connectivity index (χ2v) is 34.3. The van der Waals surface area contributed by atoms with Gasteiger partial charge in [-0.2, -0.15) is 48.9 Å². The number of anilines is 5. The van der Waals surface area contributed by atoms with Crippen molar-refractivity contribution in [1.29, 1.82) is 0 Å². The predicted molar refractivity (Wildman–Crippen MR) is 529 cm³/mol. The third kappa shape index (κ3) is 20.7. The number of carbonyl (C=O) groups excluding carboxylic acids is 5. The molecule has 680 valence electrons. The van der Waals surface area contributed by atoms with Crippen LogP contribution in [0, 0.1) is 40.4 Å². The lowest BCUT2D eigenvalue weighted by atomic mass is 9.87. The van der Waals surface area contributed by atoms with Gasteiger partial charge in [-0.3, -0.25) is 24.0 Å². The molecule has 0 bridgehead atoms. The minimum atomic E-state index is -0.301. The Hall–Kier alpha value is -17.0. The van der Waals surface area contributed by atoms with Crippen molar-refractivity contribution < 1.29 is 33.1 Å². The maximum Gasteiger partial charge on any atom is 0.266 e. The van der Waals surface area contributed by atoms with E-state index in [0.717, 1.165) is 77.9 Å². The van der Waals surface area contributed by atoms with Crippen molar-refractivity contribution in [3.63, 3.8) is 0 Å². The first kappa shape index (κ1) is 90.9. The molecule has 0 saturated carbocycles. The van der Waals surface area contributed by atoms with Crippen LogP contribution in [0.25, 0.3) is 84.9 Å². The van der Waals surface area contributed by atoms with Crippen LogP contribution in [0.15, 0.2) is 290 Å². The smallest absolute Gasteiger partial charge is 0.266 e. The van der Waals surface area contributed by atoms with Gasteiger partial charge in [-0.25, -0.2) is 29.3 Å². The number of imidazole rings is 5. The minimum absolute atomic E-state index is 0.0466. The van der Waals surface area contributed by atoms with Crippen molar-refractivity contribution >= 4 is 148 Å². The molecule has 0 aliphatic carbocycles. The second kappa shape index (κ2) is 39.6. The number of para-hydroxylation sites is 10. The maximum atomic E-state index is 14.5. The van der Waals surface area contributed by atoms with Crippen molar-refractivity contribution in [2.75, 3.05) is 33.7 Å². The molecule has 21 aromatic rings. The lowest BCUT2D eigenvalue weighted by molar-refractivity contribution is 0.101. The minimum Gasteiger partial charge on any atom is -0.497 e. The predicted octanol–water partition coefficient (Wildman–Crippen LogP) is 20.9. The quantitative estimate of drug-likeness (QED) is 0.0396. The number of halogens is 3. The van der Waals surface area contributed by atoms with Crippen molar-refractivity contribution in [3.8, 4) is 35.5 Å². The average Bonchev–Trinajstić information content (AvgIpc) is 1.62. The molecule has 0 aliphatic heterocycles. The van der Waals surface area contributed by atoms with Crippen LogP contribution in [0.3, 0.4) is 0 Å². The van der Waals surface area contributed by atoms with Gasteiger partial charge in [0.15, 0.2) is 0 Å². The van der Waals surface area contributed by atoms with Gasteiger partial charge in [-0.15, -0.1) is 11.3 Å². The van der Waals surface area contributed by atoms with Gasteiger partial charge in [0.05, 0.1) is 102 Å². The third-order valence-electron chi connectivity index (χ3n) is 21.5. The maximum absolute atomic E-state index is 14.5. The number of fused-ring (bicyclic) bond motifs is 5. The highest BCUT2D eigenvalue weighted by Gasteiger charge is 2.25. The number of H-pyrrole nitrogens is 3. The Labute approximate surface area is 791 Å². The Morgan fingerprint density at radius 1 is 0.382 bits per heavy atom. The second-order valence-electron chi connectivity index (χ2n) is 32.5. The molecule has 21 rings (SSSR count). The number of nitrogens with zero attached hydrogens (tertiary/aromatic N) is 17. The molecule has 0 saturated heterocycles. The molecule has 0 atom stereocenters. The van der Waals surface area contributed by atoms with Gasteiger partial charge >= 0.3 is 0 Å². The van der Waals surface area contributed by atoms with E-state index in [9.17, 15) is 28.4 Å². The SMILES string of the molecule is COc1ccc(C(=O)Nc2cc(C)nn2-c2nc3ccccc3[nH]2)cc1.Cc1cc(NC(=O)c2ccc(C(C)(C)C)cc2)n(-c2nc3ccccc3n2C)n1.Cc1cc(NC(=O)c2ccc(Cl)cc2)n(-c2nc3ccccc3[nH]2)n1.Cc1cc(NC(=O)c2ccc(Cl)cc2)n(-c2nc3ccccc3n2Cc2ccccc2F)n1.Cc1cc(NC(=O)c2cccs2)n(-c2nc3ccccc3[nH]2)n1. The first-order chi connectivity index (χ1) is 65.7. The molecule has 0 aliphatic rings. The number of nitrogens with one attached hydrogen (secondary N) is 8. The highest BCUT2D eigenvalue weighted by Crippen LogP contribution is 2.31. The fourth-order valence-electron chi connectivity index (χ4n) is 14.8. The Bertz CT molecular complexity index is 7850. The van der Waals surface area contributed by atoms with Crippen LogP contribution in [0.1, 0.15) is 111 Å². The molecule has 11 aromatic heterocycles. The van der Waals surface area contributed by atoms with Crippen LogP contribution in [-0.2, 0) is 19.0 Å². The normalized spacial score (nSPS) is 11.2. The third-order valence-corrected chi connectivity index (χ3v) is 22.9. The molecular formula is C101H88Cl2FN25O6S. The standard InChI is InChI=1S/C25H19ClFN5O.C23H25N5O.C19H17N5O2.C18H14ClN5O.C16H13N5OS/c1-16-14-23(29-24(33)17-10-12-19(26)13-11-17)32(30-16)25-28-21-8-4-5-9-22(21)31(25)15-18-6-2-3-7-20(18)27;1-15-14-20(25-21(29)16-10-12-17(13-11-16)23(2,3)4)28(26-15)22-24-18-8-6-7-9-19(18)27(22)5;1-12-11-17(22-18(25)13-7-9-14(26-2)10-8-13)24(23-12)19-20-15-5-3-4-6-16(15)21-19;1-11-10-16(22-17(25)12-6-8-13(19)9-7-12)24(23-11)18-20-14-4-2-3-5-15(14)21-18;1-10-9-14(19-15(22)13-7-4-8-23-13)21(20-10)16-17-11-5-2-3-6-12(11)18-16/h2-14H,15H2,1H3,(H,29,33);6-14H,1-5H3,(H,25,29);3-11H,1-2H3,(H,20,21)(H,22,25);2-10H,1H3,(H,20,21)(H,22,25);2-9H,1H3,(H,17,18)(H,19,22). The molecule has 11 heterocycles. The van der Waals surface area contributed by atoms with E-state index in [2.05, 4.69) is 108 Å². The number of aromatic amines is 3. The summed E-state index contributed by atoms with van der Waals surface area (Å²) in [6.07, 6.45) is 0. The van der Waals surface area contributed by atoms with Crippen molar-refractivity contribution in [2.24, 2.45) is 7.05 Å². The topological polar surface area (TPSA) is 366 Å². The van der Waals surface area contributed by atoms with Crippen LogP contribution < -0.4 is 31.3 Å². The van der Waals surface area contributed by atoms with Crippen LogP contribution in [0.4, 0.5) is 33.5 Å². The van der Waals surface area contributed by atoms with Gasteiger partial charge in [0.25, 0.3) is 29.5 Å². The van der Waals surface area contributed by atoms with Gasteiger partial charge in [0.1, 0.15) is 40.7 Å². The number of amides is 5. The van der Waals surface area contributed by atoms with Gasteiger partial charge in [-0.05, 0) is 209 Å². The lowest BCUT2D eigenvalue weighted by Crippen LogP contribution is -2.17. The number of hydrogen-bond acceptors (Lipinski definition) is 17. The summed E-state index contributed by atoms with van der Waals surface area (Å²) in [6.45, 7) is 16.0. The van der Waals surface area contributed by atoms with Crippen LogP contribution in [0.2, 0.25) is 10.0 Å². The summed E-state index contributed by atoms with van der Waals surface area (Å²) in [5, 5.41) is 39.9. The summed E-state index contributed by atoms with van der Waals surface area (Å²) in [5.74, 6) is 4.79. The number of ether oxygens (including phenoxy) is 1. The zero-order valence-electron chi connectivity index (χ0n) is 75.0. The highest BCUT2D eigenvalue weighted by atomic mass is 35.5. The number of thiophene rings is 1. The van der Waals surface area contributed by atoms with E-state index in [1.807, 2.05) is 220 Å². The summed E-state index contributed by atoms with van der Waals surface area (Å²) in [5.41, 5.74) is 16.4. The van der Waals surface area contributed by atoms with Crippen LogP contribution in [0.5, 0.6) is 5.75 Å². The number of benzene rings is 10. The molecule has 0 unspecified atom stereocenters. The lowest BCUT2D eigenvalue weighted by Gasteiger charge is -2.19. The van der Waals surface area contributed by atoms with E-state index in [-0.39, 0.29) is 47.3 Å². The summed E-state index contributed by atoms with van der Waals surface area (Å²) >= 11 is 13.2. The first-order valence-corrected chi connectivity index (χ1v) is 44.5. The van der Waals surface area contributed by atoms with Crippen molar-refractivity contribution in [3.05, 3.63) is 373 Å². The van der Waals surface area contributed by atoms with E-state index in [1.54, 1.807) is 146 Å². The Morgan fingerprint density at radius 3 is 1.11 bits per heavy atom. The highest BCUT2D eigenvalue weighted by molar-refractivity contribution is 7.12. The molecule has 31 nitrogen and oxygen atoms in total. The average molecular weight is 1870 g/mol. The number of aromatic nitrogens is 20. The molecule has 0 fully saturated rings. The molecule has 8 N–H and O–H groups in total. The zero-order chi connectivity index (χ0) is 95.0. The van der Waals surface area contributed by atoms with E-state index >= 15 is 0 Å². The van der Waals surface area contributed by atoms with E-state index in [1.165, 1.54) is 23.0 Å². The Balaban J connectivity index is 0.000000119. The van der Waals surface area contributed by atoms with Crippen LogP contribution in [-0.4, -0.2) is 135 Å². The van der Waals surface area contributed by atoms with Gasteiger partial charge < -0.3 is 55.4 Å². The monoisotopic (exact) mass is 1870 g/mol. The van der Waals surface area contributed by atoms with E-state index < -0.39 is 0 Å². The molecular weight excluding hydrogens is 1780 g/mol. The molecule has 136 heavy (non-hydrogen) atoms. The number of hydrogen-bond donors (Lipinski definition) is 8. The Kier molecular flexibility index (Phi) is 26.4. The van der Waals surface area contributed by atoms with Gasteiger partial charge in [-0.1, -0.05) is 141 Å². The molecule has 10 aromatic carbocycles.